The lowest BCUT2D eigenvalue weighted by Gasteiger charge is -2.33. The first-order valence-corrected chi connectivity index (χ1v) is 3.65. The second kappa shape index (κ2) is 3.13. The Balaban J connectivity index is 3.07. The summed E-state index contributed by atoms with van der Waals surface area (Å²) in [5, 5.41) is 8.63. The number of amides is 2. The first-order valence-electron chi connectivity index (χ1n) is 3.65. The van der Waals surface area contributed by atoms with Crippen LogP contribution in [0.25, 0.3) is 0 Å². The third-order valence-corrected chi connectivity index (χ3v) is 1.70. The van der Waals surface area contributed by atoms with E-state index < -0.39 is 17.8 Å². The molecule has 0 radical (unpaired) electrons. The maximum absolute atomic E-state index is 10.9. The first-order chi connectivity index (χ1) is 6.34. The quantitative estimate of drug-likeness (QED) is 0.379. The van der Waals surface area contributed by atoms with E-state index in [4.69, 9.17) is 22.3 Å². The van der Waals surface area contributed by atoms with E-state index in [-0.39, 0.29) is 5.57 Å². The third kappa shape index (κ3) is 1.73. The van der Waals surface area contributed by atoms with Crippen molar-refractivity contribution in [1.82, 2.24) is 4.90 Å². The Labute approximate surface area is 79.4 Å². The highest BCUT2D eigenvalue weighted by atomic mass is 16.4. The molecule has 0 aromatic heterocycles. The molecule has 0 fully saturated rings. The van der Waals surface area contributed by atoms with Crippen LogP contribution in [-0.4, -0.2) is 27.8 Å². The normalized spacial score (nSPS) is 19.0. The van der Waals surface area contributed by atoms with Gasteiger partial charge in [0.15, 0.2) is 5.79 Å². The Bertz CT molecular complexity index is 345. The Morgan fingerprint density at radius 2 is 2.00 bits per heavy atom. The van der Waals surface area contributed by atoms with Crippen LogP contribution < -0.4 is 17.2 Å². The van der Waals surface area contributed by atoms with E-state index in [0.717, 1.165) is 11.1 Å². The van der Waals surface area contributed by atoms with Gasteiger partial charge >= 0.3 is 12.0 Å². The van der Waals surface area contributed by atoms with Gasteiger partial charge in [0.25, 0.3) is 0 Å². The molecule has 0 spiro atoms. The van der Waals surface area contributed by atoms with Crippen molar-refractivity contribution < 1.29 is 14.7 Å². The molecule has 0 unspecified atom stereocenters. The number of carboxylic acid groups (broad SMARTS) is 1. The lowest BCUT2D eigenvalue weighted by atomic mass is 10.1. The maximum atomic E-state index is 10.9. The number of carbonyl (C=O) groups excluding carboxylic acids is 1. The zero-order chi connectivity index (χ0) is 10.9. The molecule has 76 valence electrons. The standard InChI is InChI=1S/C7H10N4O3/c8-6(14)11-3-4(5(12)13)1-2-7(11,9)10/h1-3H,9-10H2,(H2,8,14)(H,12,13). The van der Waals surface area contributed by atoms with Crippen molar-refractivity contribution >= 4 is 12.0 Å². The predicted octanol–water partition coefficient (Wildman–Crippen LogP) is -1.52. The van der Waals surface area contributed by atoms with Gasteiger partial charge in [0.2, 0.25) is 0 Å². The van der Waals surface area contributed by atoms with Crippen LogP contribution >= 0.6 is 0 Å². The molecule has 0 atom stereocenters. The minimum absolute atomic E-state index is 0.115. The summed E-state index contributed by atoms with van der Waals surface area (Å²) in [5.41, 5.74) is 15.8. The van der Waals surface area contributed by atoms with Crippen molar-refractivity contribution in [3.8, 4) is 0 Å². The van der Waals surface area contributed by atoms with Crippen LogP contribution in [0.15, 0.2) is 23.9 Å². The monoisotopic (exact) mass is 198 g/mol. The highest BCUT2D eigenvalue weighted by Crippen LogP contribution is 2.15. The first kappa shape index (κ1) is 10.2. The molecule has 1 heterocycles. The fourth-order valence-electron chi connectivity index (χ4n) is 0.978. The molecule has 2 amide bonds. The highest BCUT2D eigenvalue weighted by Gasteiger charge is 2.31. The molecule has 14 heavy (non-hydrogen) atoms. The SMILES string of the molecule is NC(=O)N1C=C(C(=O)O)C=CC1(N)N. The lowest BCUT2D eigenvalue weighted by Crippen LogP contribution is -2.63. The van der Waals surface area contributed by atoms with Crippen LogP contribution in [0.3, 0.4) is 0 Å². The summed E-state index contributed by atoms with van der Waals surface area (Å²) in [6.07, 6.45) is 3.38. The fourth-order valence-corrected chi connectivity index (χ4v) is 0.978. The highest BCUT2D eigenvalue weighted by molar-refractivity contribution is 5.91. The van der Waals surface area contributed by atoms with Gasteiger partial charge in [-0.15, -0.1) is 0 Å². The minimum Gasteiger partial charge on any atom is -0.478 e. The van der Waals surface area contributed by atoms with Gasteiger partial charge < -0.3 is 10.8 Å². The molecular formula is C7H10N4O3. The van der Waals surface area contributed by atoms with Crippen LogP contribution in [0.5, 0.6) is 0 Å². The average Bonchev–Trinajstić information content (AvgIpc) is 2.02. The van der Waals surface area contributed by atoms with E-state index in [1.54, 1.807) is 0 Å². The molecule has 1 rings (SSSR count). The van der Waals surface area contributed by atoms with E-state index in [9.17, 15) is 9.59 Å². The Morgan fingerprint density at radius 3 is 2.43 bits per heavy atom. The van der Waals surface area contributed by atoms with E-state index in [0.29, 0.717) is 0 Å². The number of carbonyl (C=O) groups is 2. The van der Waals surface area contributed by atoms with Crippen LogP contribution in [0.1, 0.15) is 0 Å². The van der Waals surface area contributed by atoms with Crippen molar-refractivity contribution in [2.45, 2.75) is 5.79 Å². The predicted molar refractivity (Wildman–Crippen MR) is 47.4 cm³/mol. The molecule has 7 N–H and O–H groups in total. The molecule has 1 aliphatic rings. The summed E-state index contributed by atoms with van der Waals surface area (Å²) >= 11 is 0. The van der Waals surface area contributed by atoms with Crippen molar-refractivity contribution in [2.75, 3.05) is 0 Å². The Kier molecular flexibility index (Phi) is 2.28. The number of hydrogen-bond donors (Lipinski definition) is 4. The largest absolute Gasteiger partial charge is 0.478 e. The number of nitrogens with zero attached hydrogens (tertiary/aromatic N) is 1. The molecule has 0 saturated carbocycles. The van der Waals surface area contributed by atoms with E-state index in [1.165, 1.54) is 12.2 Å². The summed E-state index contributed by atoms with van der Waals surface area (Å²) in [4.78, 5) is 22.2. The number of hydrogen-bond acceptors (Lipinski definition) is 4. The Hall–Kier alpha value is -1.86. The lowest BCUT2D eigenvalue weighted by molar-refractivity contribution is -0.132. The van der Waals surface area contributed by atoms with Crippen molar-refractivity contribution in [3.05, 3.63) is 23.9 Å². The fraction of sp³-hybridized carbons (Fsp3) is 0.143. The number of carboxylic acids is 1. The number of aliphatic carboxylic acids is 1. The second-order valence-corrected chi connectivity index (χ2v) is 2.82. The molecule has 7 nitrogen and oxygen atoms in total. The summed E-state index contributed by atoms with van der Waals surface area (Å²) in [6.45, 7) is 0. The van der Waals surface area contributed by atoms with E-state index >= 15 is 0 Å². The number of primary amides is 1. The zero-order valence-corrected chi connectivity index (χ0v) is 7.18. The van der Waals surface area contributed by atoms with Crippen molar-refractivity contribution in [3.63, 3.8) is 0 Å². The zero-order valence-electron chi connectivity index (χ0n) is 7.18. The van der Waals surface area contributed by atoms with Crippen LogP contribution in [-0.2, 0) is 4.79 Å². The van der Waals surface area contributed by atoms with Gasteiger partial charge in [-0.1, -0.05) is 0 Å². The molecule has 7 heteroatoms. The summed E-state index contributed by atoms with van der Waals surface area (Å²) in [5.74, 6) is -2.77. The van der Waals surface area contributed by atoms with Crippen molar-refractivity contribution in [2.24, 2.45) is 17.2 Å². The Morgan fingerprint density at radius 1 is 1.43 bits per heavy atom. The van der Waals surface area contributed by atoms with Gasteiger partial charge in [-0.3, -0.25) is 16.4 Å². The van der Waals surface area contributed by atoms with E-state index in [2.05, 4.69) is 0 Å². The van der Waals surface area contributed by atoms with Crippen LogP contribution in [0, 0.1) is 0 Å². The maximum Gasteiger partial charge on any atom is 0.337 e. The number of nitrogens with two attached hydrogens (primary N) is 3. The smallest absolute Gasteiger partial charge is 0.337 e. The van der Waals surface area contributed by atoms with Gasteiger partial charge in [-0.05, 0) is 12.2 Å². The molecule has 0 aromatic carbocycles. The second-order valence-electron chi connectivity index (χ2n) is 2.82. The molecular weight excluding hydrogens is 188 g/mol. The van der Waals surface area contributed by atoms with Gasteiger partial charge in [0, 0.05) is 6.20 Å². The van der Waals surface area contributed by atoms with Gasteiger partial charge in [0.05, 0.1) is 5.57 Å². The summed E-state index contributed by atoms with van der Waals surface area (Å²) in [6, 6.07) is -0.918. The molecule has 0 saturated heterocycles. The van der Waals surface area contributed by atoms with Gasteiger partial charge in [0.1, 0.15) is 0 Å². The molecule has 0 bridgehead atoms. The molecule has 0 aromatic rings. The van der Waals surface area contributed by atoms with E-state index in [1.807, 2.05) is 0 Å². The van der Waals surface area contributed by atoms with Crippen LogP contribution in [0.2, 0.25) is 0 Å². The van der Waals surface area contributed by atoms with Gasteiger partial charge in [-0.25, -0.2) is 9.59 Å². The number of rotatable bonds is 1. The average molecular weight is 198 g/mol. The van der Waals surface area contributed by atoms with Crippen molar-refractivity contribution in [1.29, 1.82) is 0 Å². The van der Waals surface area contributed by atoms with Crippen LogP contribution in [0.4, 0.5) is 4.79 Å². The molecule has 0 aliphatic carbocycles. The molecule has 1 aliphatic heterocycles. The topological polar surface area (TPSA) is 136 Å². The van der Waals surface area contributed by atoms with Gasteiger partial charge in [-0.2, -0.15) is 0 Å². The summed E-state index contributed by atoms with van der Waals surface area (Å²) < 4.78 is 0. The number of urea groups is 1. The third-order valence-electron chi connectivity index (χ3n) is 1.70. The summed E-state index contributed by atoms with van der Waals surface area (Å²) in [7, 11) is 0. The minimum atomic E-state index is -1.58.